The van der Waals surface area contributed by atoms with Gasteiger partial charge in [-0.05, 0) is 24.3 Å². The second-order valence-corrected chi connectivity index (χ2v) is 5.58. The molecule has 110 valence electrons. The van der Waals surface area contributed by atoms with Crippen LogP contribution >= 0.6 is 0 Å². The zero-order chi connectivity index (χ0) is 14.7. The Hall–Kier alpha value is -2.07. The number of hydrogen-bond acceptors (Lipinski definition) is 2. The summed E-state index contributed by atoms with van der Waals surface area (Å²) in [6, 6.07) is 13.4. The molecule has 1 aliphatic carbocycles. The zero-order valence-corrected chi connectivity index (χ0v) is 11.9. The number of rotatable bonds is 2. The number of fused-ring (bicyclic) bond motifs is 1. The Kier molecular flexibility index (Phi) is 4.06. The maximum atomic E-state index is 12.1. The molecule has 2 atom stereocenters. The molecule has 4 nitrogen and oxygen atoms in total. The summed E-state index contributed by atoms with van der Waals surface area (Å²) in [6.45, 7) is 0. The minimum absolute atomic E-state index is 0.145. The molecule has 2 aromatic rings. The van der Waals surface area contributed by atoms with Gasteiger partial charge in [0.25, 0.3) is 0 Å². The highest BCUT2D eigenvalue weighted by Crippen LogP contribution is 2.23. The lowest BCUT2D eigenvalue weighted by Crippen LogP contribution is -2.46. The van der Waals surface area contributed by atoms with E-state index >= 15 is 0 Å². The van der Waals surface area contributed by atoms with Gasteiger partial charge in [0, 0.05) is 5.39 Å². The first-order valence-electron chi connectivity index (χ1n) is 7.47. The average Bonchev–Trinajstić information content (AvgIpc) is 2.50. The fourth-order valence-corrected chi connectivity index (χ4v) is 2.94. The molecule has 0 unspecified atom stereocenters. The van der Waals surface area contributed by atoms with Gasteiger partial charge in [0.1, 0.15) is 0 Å². The number of anilines is 1. The first kappa shape index (κ1) is 13.9. The van der Waals surface area contributed by atoms with Crippen molar-refractivity contribution in [2.75, 3.05) is 5.32 Å². The molecule has 4 heteroatoms. The van der Waals surface area contributed by atoms with E-state index in [1.807, 2.05) is 42.5 Å². The highest BCUT2D eigenvalue weighted by atomic mass is 16.3. The quantitative estimate of drug-likeness (QED) is 0.792. The van der Waals surface area contributed by atoms with E-state index in [0.717, 1.165) is 42.1 Å². The molecular weight excluding hydrogens is 264 g/mol. The first-order valence-corrected chi connectivity index (χ1v) is 7.47. The van der Waals surface area contributed by atoms with Crippen LogP contribution in [0.15, 0.2) is 42.5 Å². The summed E-state index contributed by atoms with van der Waals surface area (Å²) in [5, 5.41) is 17.8. The predicted molar refractivity (Wildman–Crippen MR) is 84.4 cm³/mol. The molecule has 3 N–H and O–H groups in total. The predicted octanol–water partition coefficient (Wildman–Crippen LogP) is 3.26. The molecular formula is C17H20N2O2. The maximum Gasteiger partial charge on any atom is 0.319 e. The SMILES string of the molecule is O=C(Nc1cccc2ccccc12)N[C@H]1CCCC[C@@H]1O. The summed E-state index contributed by atoms with van der Waals surface area (Å²) in [6.07, 6.45) is 3.25. The van der Waals surface area contributed by atoms with Crippen LogP contribution in [0.2, 0.25) is 0 Å². The van der Waals surface area contributed by atoms with Crippen molar-refractivity contribution in [3.63, 3.8) is 0 Å². The van der Waals surface area contributed by atoms with Crippen LogP contribution < -0.4 is 10.6 Å². The molecule has 1 fully saturated rings. The van der Waals surface area contributed by atoms with Gasteiger partial charge in [-0.1, -0.05) is 49.2 Å². The summed E-state index contributed by atoms with van der Waals surface area (Å²) in [7, 11) is 0. The molecule has 0 radical (unpaired) electrons. The lowest BCUT2D eigenvalue weighted by atomic mass is 9.93. The third kappa shape index (κ3) is 3.16. The Morgan fingerprint density at radius 2 is 1.81 bits per heavy atom. The van der Waals surface area contributed by atoms with Gasteiger partial charge in [-0.25, -0.2) is 4.79 Å². The molecule has 0 aliphatic heterocycles. The summed E-state index contributed by atoms with van der Waals surface area (Å²) < 4.78 is 0. The van der Waals surface area contributed by atoms with Crippen molar-refractivity contribution in [2.24, 2.45) is 0 Å². The lowest BCUT2D eigenvalue weighted by Gasteiger charge is -2.28. The van der Waals surface area contributed by atoms with Crippen molar-refractivity contribution >= 4 is 22.5 Å². The number of benzene rings is 2. The van der Waals surface area contributed by atoms with Gasteiger partial charge in [-0.2, -0.15) is 0 Å². The monoisotopic (exact) mass is 284 g/mol. The van der Waals surface area contributed by atoms with Crippen LogP contribution in [0.25, 0.3) is 10.8 Å². The number of nitrogens with one attached hydrogen (secondary N) is 2. The van der Waals surface area contributed by atoms with E-state index in [9.17, 15) is 9.90 Å². The van der Waals surface area contributed by atoms with Crippen molar-refractivity contribution in [1.82, 2.24) is 5.32 Å². The molecule has 21 heavy (non-hydrogen) atoms. The Morgan fingerprint density at radius 1 is 1.05 bits per heavy atom. The highest BCUT2D eigenvalue weighted by Gasteiger charge is 2.24. The number of aliphatic hydroxyl groups is 1. The van der Waals surface area contributed by atoms with Crippen LogP contribution in [0, 0.1) is 0 Å². The number of urea groups is 1. The van der Waals surface area contributed by atoms with Crippen LogP contribution in [0.4, 0.5) is 10.5 Å². The second kappa shape index (κ2) is 6.14. The topological polar surface area (TPSA) is 61.4 Å². The molecule has 1 saturated carbocycles. The molecule has 0 bridgehead atoms. The fourth-order valence-electron chi connectivity index (χ4n) is 2.94. The van der Waals surface area contributed by atoms with Crippen LogP contribution in [0.5, 0.6) is 0 Å². The van der Waals surface area contributed by atoms with E-state index in [2.05, 4.69) is 10.6 Å². The minimum Gasteiger partial charge on any atom is -0.391 e. The number of carbonyl (C=O) groups excluding carboxylic acids is 1. The van der Waals surface area contributed by atoms with E-state index in [1.54, 1.807) is 0 Å². The standard InChI is InChI=1S/C17H20N2O2/c20-16-11-4-3-9-15(16)19-17(21)18-14-10-5-7-12-6-1-2-8-13(12)14/h1-2,5-8,10,15-16,20H,3-4,9,11H2,(H2,18,19,21)/t15-,16-/m0/s1. The van der Waals surface area contributed by atoms with Gasteiger partial charge in [0.05, 0.1) is 17.8 Å². The van der Waals surface area contributed by atoms with Crippen molar-refractivity contribution < 1.29 is 9.90 Å². The van der Waals surface area contributed by atoms with Gasteiger partial charge in [-0.15, -0.1) is 0 Å². The molecule has 2 aromatic carbocycles. The Morgan fingerprint density at radius 3 is 2.67 bits per heavy atom. The Balaban J connectivity index is 1.71. The van der Waals surface area contributed by atoms with E-state index < -0.39 is 6.10 Å². The van der Waals surface area contributed by atoms with Gasteiger partial charge < -0.3 is 15.7 Å². The molecule has 0 heterocycles. The van der Waals surface area contributed by atoms with E-state index in [-0.39, 0.29) is 12.1 Å². The molecule has 0 aromatic heterocycles. The number of aliphatic hydroxyl groups excluding tert-OH is 1. The largest absolute Gasteiger partial charge is 0.391 e. The summed E-state index contributed by atoms with van der Waals surface area (Å²) in [5.41, 5.74) is 0.788. The molecule has 0 saturated heterocycles. The third-order valence-electron chi connectivity index (χ3n) is 4.08. The summed E-state index contributed by atoms with van der Waals surface area (Å²) >= 11 is 0. The fraction of sp³-hybridized carbons (Fsp3) is 0.353. The number of carbonyl (C=O) groups is 1. The van der Waals surface area contributed by atoms with E-state index in [1.165, 1.54) is 0 Å². The van der Waals surface area contributed by atoms with Gasteiger partial charge >= 0.3 is 6.03 Å². The molecule has 2 amide bonds. The van der Waals surface area contributed by atoms with Crippen molar-refractivity contribution in [3.05, 3.63) is 42.5 Å². The van der Waals surface area contributed by atoms with Crippen LogP contribution in [0.1, 0.15) is 25.7 Å². The van der Waals surface area contributed by atoms with Crippen LogP contribution in [-0.2, 0) is 0 Å². The third-order valence-corrected chi connectivity index (χ3v) is 4.08. The molecule has 3 rings (SSSR count). The van der Waals surface area contributed by atoms with Crippen molar-refractivity contribution in [2.45, 2.75) is 37.8 Å². The lowest BCUT2D eigenvalue weighted by molar-refractivity contribution is 0.0955. The van der Waals surface area contributed by atoms with Gasteiger partial charge in [0.2, 0.25) is 0 Å². The van der Waals surface area contributed by atoms with Crippen LogP contribution in [0.3, 0.4) is 0 Å². The Labute approximate surface area is 124 Å². The Bertz CT molecular complexity index is 636. The smallest absolute Gasteiger partial charge is 0.319 e. The summed E-state index contributed by atoms with van der Waals surface area (Å²) in [4.78, 5) is 12.1. The zero-order valence-electron chi connectivity index (χ0n) is 11.9. The van der Waals surface area contributed by atoms with Crippen molar-refractivity contribution in [3.8, 4) is 0 Å². The van der Waals surface area contributed by atoms with Crippen LogP contribution in [-0.4, -0.2) is 23.3 Å². The summed E-state index contributed by atoms with van der Waals surface area (Å²) in [5.74, 6) is 0. The number of hydrogen-bond donors (Lipinski definition) is 3. The minimum atomic E-state index is -0.433. The second-order valence-electron chi connectivity index (χ2n) is 5.58. The van der Waals surface area contributed by atoms with Crippen molar-refractivity contribution in [1.29, 1.82) is 0 Å². The van der Waals surface area contributed by atoms with Gasteiger partial charge in [-0.3, -0.25) is 0 Å². The van der Waals surface area contributed by atoms with E-state index in [4.69, 9.17) is 0 Å². The van der Waals surface area contributed by atoms with E-state index in [0.29, 0.717) is 0 Å². The molecule has 1 aliphatic rings. The van der Waals surface area contributed by atoms with Gasteiger partial charge in [0.15, 0.2) is 0 Å². The normalized spacial score (nSPS) is 22.0. The first-order chi connectivity index (χ1) is 10.2. The highest BCUT2D eigenvalue weighted by molar-refractivity contribution is 6.01. The average molecular weight is 284 g/mol. The number of amides is 2. The molecule has 0 spiro atoms. The maximum absolute atomic E-state index is 12.1.